The third-order valence-corrected chi connectivity index (χ3v) is 6.46. The molecule has 0 fully saturated rings. The fourth-order valence-corrected chi connectivity index (χ4v) is 5.13. The molecule has 0 unspecified atom stereocenters. The van der Waals surface area contributed by atoms with Crippen LogP contribution in [0.15, 0.2) is 42.5 Å². The highest BCUT2D eigenvalue weighted by Crippen LogP contribution is 2.50. The minimum absolute atomic E-state index is 0.0555. The normalized spacial score (nSPS) is 15.3. The van der Waals surface area contributed by atoms with E-state index < -0.39 is 11.8 Å². The molecule has 8 heteroatoms. The van der Waals surface area contributed by atoms with Crippen molar-refractivity contribution in [2.24, 2.45) is 0 Å². The number of nitrogens with one attached hydrogen (secondary N) is 1. The summed E-state index contributed by atoms with van der Waals surface area (Å²) in [5, 5.41) is 12.7. The van der Waals surface area contributed by atoms with Crippen molar-refractivity contribution < 1.29 is 28.6 Å². The van der Waals surface area contributed by atoms with Crippen molar-refractivity contribution in [3.63, 3.8) is 0 Å². The van der Waals surface area contributed by atoms with E-state index in [2.05, 4.69) is 5.32 Å². The maximum Gasteiger partial charge on any atom is 0.346 e. The van der Waals surface area contributed by atoms with Gasteiger partial charge in [0.25, 0.3) is 0 Å². The van der Waals surface area contributed by atoms with E-state index in [9.17, 15) is 19.1 Å². The number of carboxylic acids is 1. The quantitative estimate of drug-likeness (QED) is 0.511. The molecule has 1 aliphatic rings. The maximum atomic E-state index is 13.9. The molecule has 2 heterocycles. The van der Waals surface area contributed by atoms with Gasteiger partial charge in [-0.2, -0.15) is 0 Å². The first kappa shape index (κ1) is 21.8. The van der Waals surface area contributed by atoms with Crippen molar-refractivity contribution in [3.8, 4) is 22.6 Å². The van der Waals surface area contributed by atoms with Crippen LogP contribution in [-0.2, 0) is 4.79 Å². The molecule has 0 saturated heterocycles. The number of halogens is 1. The first-order valence-corrected chi connectivity index (χ1v) is 10.9. The van der Waals surface area contributed by atoms with Gasteiger partial charge in [-0.3, -0.25) is 4.79 Å². The second kappa shape index (κ2) is 8.63. The lowest BCUT2D eigenvalue weighted by Crippen LogP contribution is -2.22. The predicted molar refractivity (Wildman–Crippen MR) is 121 cm³/mol. The molecule has 0 radical (unpaired) electrons. The fourth-order valence-electron chi connectivity index (χ4n) is 3.88. The minimum Gasteiger partial charge on any atom is -0.493 e. The lowest BCUT2D eigenvalue weighted by molar-refractivity contribution is -0.116. The molecule has 0 bridgehead atoms. The van der Waals surface area contributed by atoms with Crippen LogP contribution in [0.3, 0.4) is 0 Å². The van der Waals surface area contributed by atoms with Crippen LogP contribution < -0.4 is 14.8 Å². The van der Waals surface area contributed by atoms with E-state index in [1.807, 2.05) is 26.0 Å². The van der Waals surface area contributed by atoms with Gasteiger partial charge in [-0.05, 0) is 49.2 Å². The van der Waals surface area contributed by atoms with Crippen molar-refractivity contribution in [3.05, 3.63) is 63.6 Å². The number of amides is 1. The Morgan fingerprint density at radius 3 is 2.66 bits per heavy atom. The smallest absolute Gasteiger partial charge is 0.346 e. The number of rotatable bonds is 6. The minimum atomic E-state index is -1.13. The zero-order chi connectivity index (χ0) is 23.0. The Morgan fingerprint density at radius 1 is 1.22 bits per heavy atom. The highest BCUT2D eigenvalue weighted by molar-refractivity contribution is 7.15. The highest BCUT2D eigenvalue weighted by Gasteiger charge is 2.35. The average Bonchev–Trinajstić information content (AvgIpc) is 3.12. The van der Waals surface area contributed by atoms with E-state index >= 15 is 0 Å². The molecule has 3 aromatic rings. The number of hydrogen-bond donors (Lipinski definition) is 2. The predicted octanol–water partition coefficient (Wildman–Crippen LogP) is 5.52. The molecule has 0 spiro atoms. The topological polar surface area (TPSA) is 84.9 Å². The van der Waals surface area contributed by atoms with Crippen LogP contribution in [0.4, 0.5) is 10.1 Å². The van der Waals surface area contributed by atoms with Crippen LogP contribution in [0, 0.1) is 5.82 Å². The number of thiophene rings is 1. The monoisotopic (exact) mass is 455 g/mol. The number of benzene rings is 2. The van der Waals surface area contributed by atoms with Gasteiger partial charge in [0.1, 0.15) is 10.7 Å². The Balaban J connectivity index is 1.89. The summed E-state index contributed by atoms with van der Waals surface area (Å²) >= 11 is 1.10. The molecule has 1 aliphatic heterocycles. The molecule has 166 valence electrons. The summed E-state index contributed by atoms with van der Waals surface area (Å²) < 4.78 is 25.2. The fraction of sp³-hybridized carbons (Fsp3) is 0.250. The van der Waals surface area contributed by atoms with E-state index in [1.165, 1.54) is 18.2 Å². The van der Waals surface area contributed by atoms with Gasteiger partial charge >= 0.3 is 5.97 Å². The SMILES string of the molecule is COc1ccc([C@@H]2CC(=O)Nc3c2sc(C(=O)O)c3-c2cccc(F)c2)cc1OC(C)C. The molecular weight excluding hydrogens is 433 g/mol. The standard InChI is InChI=1S/C24H22FNO5S/c1-12(2)31-18-10-13(7-8-17(18)30-3)16-11-19(27)26-21-20(14-5-4-6-15(25)9-14)23(24(28)29)32-22(16)21/h4-10,12,16H,11H2,1-3H3,(H,26,27)(H,28,29)/t16-/m0/s1. The summed E-state index contributed by atoms with van der Waals surface area (Å²) in [7, 11) is 1.55. The van der Waals surface area contributed by atoms with Crippen LogP contribution in [-0.4, -0.2) is 30.2 Å². The Kier molecular flexibility index (Phi) is 5.88. The van der Waals surface area contributed by atoms with Crippen molar-refractivity contribution in [1.82, 2.24) is 0 Å². The lowest BCUT2D eigenvalue weighted by Gasteiger charge is -2.25. The number of aromatic carboxylic acids is 1. The number of carboxylic acid groups (broad SMARTS) is 1. The molecule has 32 heavy (non-hydrogen) atoms. The van der Waals surface area contributed by atoms with Crippen LogP contribution in [0.5, 0.6) is 11.5 Å². The Hall–Kier alpha value is -3.39. The second-order valence-electron chi connectivity index (χ2n) is 7.74. The van der Waals surface area contributed by atoms with Crippen LogP contribution in [0.1, 0.15) is 46.3 Å². The summed E-state index contributed by atoms with van der Waals surface area (Å²) in [5.74, 6) is -1.10. The van der Waals surface area contributed by atoms with Crippen LogP contribution >= 0.6 is 11.3 Å². The van der Waals surface area contributed by atoms with Gasteiger partial charge in [0.15, 0.2) is 11.5 Å². The highest BCUT2D eigenvalue weighted by atomic mass is 32.1. The molecule has 1 aromatic heterocycles. The third-order valence-electron chi connectivity index (χ3n) is 5.17. The van der Waals surface area contributed by atoms with Crippen molar-refractivity contribution >= 4 is 28.9 Å². The zero-order valence-electron chi connectivity index (χ0n) is 17.8. The Labute approximate surface area is 188 Å². The molecule has 1 amide bonds. The molecule has 4 rings (SSSR count). The van der Waals surface area contributed by atoms with Crippen molar-refractivity contribution in [2.45, 2.75) is 32.3 Å². The molecular formula is C24H22FNO5S. The van der Waals surface area contributed by atoms with Gasteiger partial charge in [0.05, 0.1) is 18.9 Å². The number of methoxy groups -OCH3 is 1. The number of carbonyl (C=O) groups excluding carboxylic acids is 1. The van der Waals surface area contributed by atoms with E-state index in [4.69, 9.17) is 9.47 Å². The summed E-state index contributed by atoms with van der Waals surface area (Å²) in [5.41, 5.74) is 1.95. The number of fused-ring (bicyclic) bond motifs is 1. The van der Waals surface area contributed by atoms with E-state index in [0.29, 0.717) is 33.2 Å². The average molecular weight is 456 g/mol. The first-order chi connectivity index (χ1) is 15.3. The number of carbonyl (C=O) groups is 2. The van der Waals surface area contributed by atoms with Gasteiger partial charge in [-0.25, -0.2) is 9.18 Å². The second-order valence-corrected chi connectivity index (χ2v) is 8.79. The summed E-state index contributed by atoms with van der Waals surface area (Å²) in [4.78, 5) is 25.5. The van der Waals surface area contributed by atoms with Crippen LogP contribution in [0.25, 0.3) is 11.1 Å². The summed E-state index contributed by atoms with van der Waals surface area (Å²) in [6, 6.07) is 11.2. The van der Waals surface area contributed by atoms with E-state index in [1.54, 1.807) is 19.2 Å². The first-order valence-electron chi connectivity index (χ1n) is 10.1. The molecule has 0 aliphatic carbocycles. The molecule has 2 aromatic carbocycles. The summed E-state index contributed by atoms with van der Waals surface area (Å²) in [6.07, 6.45) is 0.0760. The molecule has 0 saturated carbocycles. The van der Waals surface area contributed by atoms with Crippen molar-refractivity contribution in [1.29, 1.82) is 0 Å². The molecule has 1 atom stereocenters. The van der Waals surface area contributed by atoms with E-state index in [0.717, 1.165) is 16.9 Å². The number of ether oxygens (including phenoxy) is 2. The van der Waals surface area contributed by atoms with Crippen molar-refractivity contribution in [2.75, 3.05) is 12.4 Å². The molecule has 6 nitrogen and oxygen atoms in total. The third kappa shape index (κ3) is 4.05. The van der Waals surface area contributed by atoms with Gasteiger partial charge < -0.3 is 19.9 Å². The van der Waals surface area contributed by atoms with Gasteiger partial charge in [0, 0.05) is 22.8 Å². The van der Waals surface area contributed by atoms with Crippen LogP contribution in [0.2, 0.25) is 0 Å². The zero-order valence-corrected chi connectivity index (χ0v) is 18.6. The van der Waals surface area contributed by atoms with Gasteiger partial charge in [-0.1, -0.05) is 18.2 Å². The largest absolute Gasteiger partial charge is 0.493 e. The lowest BCUT2D eigenvalue weighted by atomic mass is 9.88. The Morgan fingerprint density at radius 2 is 2.00 bits per heavy atom. The number of hydrogen-bond acceptors (Lipinski definition) is 5. The number of anilines is 1. The summed E-state index contributed by atoms with van der Waals surface area (Å²) in [6.45, 7) is 3.81. The Bertz CT molecular complexity index is 1200. The van der Waals surface area contributed by atoms with Gasteiger partial charge in [-0.15, -0.1) is 11.3 Å². The maximum absolute atomic E-state index is 13.9. The van der Waals surface area contributed by atoms with E-state index in [-0.39, 0.29) is 29.2 Å². The molecule has 2 N–H and O–H groups in total. The van der Waals surface area contributed by atoms with Gasteiger partial charge in [0.2, 0.25) is 5.91 Å².